The van der Waals surface area contributed by atoms with Crippen molar-refractivity contribution in [3.05, 3.63) is 83.4 Å². The number of hydrogen-bond donors (Lipinski definition) is 0. The second-order valence-electron chi connectivity index (χ2n) is 9.60. The van der Waals surface area contributed by atoms with Crippen LogP contribution in [-0.4, -0.2) is 59.1 Å². The third kappa shape index (κ3) is 6.35. The fraction of sp³-hybridized carbons (Fsp3) is 0.345. The van der Waals surface area contributed by atoms with Crippen LogP contribution in [0.3, 0.4) is 0 Å². The van der Waals surface area contributed by atoms with Crippen LogP contribution < -0.4 is 13.9 Å². The molecule has 3 aromatic rings. The average Bonchev–Trinajstić information content (AvgIpc) is 2.95. The van der Waals surface area contributed by atoms with Crippen LogP contribution in [0.2, 0.25) is 0 Å². The van der Waals surface area contributed by atoms with Gasteiger partial charge in [-0.15, -0.1) is 0 Å². The van der Waals surface area contributed by atoms with Crippen molar-refractivity contribution in [2.75, 3.05) is 49.0 Å². The average molecular weight is 576 g/mol. The normalized spacial score (nSPS) is 14.2. The number of halogens is 3. The maximum atomic E-state index is 14.0. The van der Waals surface area contributed by atoms with Gasteiger partial charge in [0.1, 0.15) is 17.2 Å². The maximum Gasteiger partial charge on any atom is 0.416 e. The van der Waals surface area contributed by atoms with Crippen molar-refractivity contribution >= 4 is 27.3 Å². The van der Waals surface area contributed by atoms with Gasteiger partial charge in [-0.2, -0.15) is 13.2 Å². The minimum Gasteiger partial charge on any atom is -0.495 e. The fourth-order valence-electron chi connectivity index (χ4n) is 4.63. The van der Waals surface area contributed by atoms with E-state index in [9.17, 15) is 26.4 Å². The molecule has 0 aromatic heterocycles. The van der Waals surface area contributed by atoms with Gasteiger partial charge in [0.05, 0.1) is 18.4 Å². The summed E-state index contributed by atoms with van der Waals surface area (Å²) in [6, 6.07) is 16.9. The van der Waals surface area contributed by atoms with E-state index >= 15 is 0 Å². The Morgan fingerprint density at radius 3 is 2.25 bits per heavy atom. The number of ether oxygens (including phenoxy) is 1. The lowest BCUT2D eigenvalue weighted by molar-refractivity contribution is -0.137. The van der Waals surface area contributed by atoms with Gasteiger partial charge < -0.3 is 14.5 Å². The molecule has 3 aromatic carbocycles. The van der Waals surface area contributed by atoms with Crippen molar-refractivity contribution in [3.8, 4) is 5.75 Å². The molecule has 214 valence electrons. The maximum absolute atomic E-state index is 14.0. The van der Waals surface area contributed by atoms with Gasteiger partial charge in [0, 0.05) is 31.9 Å². The van der Waals surface area contributed by atoms with Crippen LogP contribution in [0, 0.1) is 6.92 Å². The zero-order valence-corrected chi connectivity index (χ0v) is 23.4. The Bertz CT molecular complexity index is 1450. The van der Waals surface area contributed by atoms with Crippen molar-refractivity contribution in [2.24, 2.45) is 0 Å². The van der Waals surface area contributed by atoms with Crippen molar-refractivity contribution in [1.29, 1.82) is 0 Å². The predicted octanol–water partition coefficient (Wildman–Crippen LogP) is 5.13. The quantitative estimate of drug-likeness (QED) is 0.373. The molecule has 0 saturated carbocycles. The van der Waals surface area contributed by atoms with Gasteiger partial charge in [0.25, 0.3) is 10.0 Å². The second-order valence-corrected chi connectivity index (χ2v) is 11.4. The lowest BCUT2D eigenvalue weighted by Crippen LogP contribution is -2.52. The lowest BCUT2D eigenvalue weighted by Gasteiger charge is -2.37. The minimum atomic E-state index is -4.45. The third-order valence-corrected chi connectivity index (χ3v) is 8.76. The number of carbonyl (C=O) groups excluding carboxylic acids is 1. The minimum absolute atomic E-state index is 0.0447. The molecular weight excluding hydrogens is 543 g/mol. The fourth-order valence-corrected chi connectivity index (χ4v) is 6.29. The van der Waals surface area contributed by atoms with E-state index in [-0.39, 0.29) is 23.7 Å². The zero-order valence-electron chi connectivity index (χ0n) is 22.6. The molecule has 1 aliphatic heterocycles. The molecule has 0 radical (unpaired) electrons. The van der Waals surface area contributed by atoms with Gasteiger partial charge in [-0.05, 0) is 66.9 Å². The van der Waals surface area contributed by atoms with Crippen molar-refractivity contribution in [2.45, 2.75) is 31.3 Å². The Kier molecular flexibility index (Phi) is 8.62. The summed E-state index contributed by atoms with van der Waals surface area (Å²) < 4.78 is 73.8. The standard InChI is InChI=1S/C29H32F3N3O4S/c1-4-22-9-11-24(12-10-22)35(40(37,38)27-18-21(2)8-13-26(27)39-3)20-28(36)34-16-14-33(15-17-34)25-7-5-6-23(19-25)29(30,31)32/h5-13,18-19H,4,14-17,20H2,1-3H3. The van der Waals surface area contributed by atoms with Gasteiger partial charge in [0.2, 0.25) is 5.91 Å². The summed E-state index contributed by atoms with van der Waals surface area (Å²) >= 11 is 0. The van der Waals surface area contributed by atoms with Crippen molar-refractivity contribution in [1.82, 2.24) is 4.90 Å². The van der Waals surface area contributed by atoms with E-state index in [1.165, 1.54) is 19.2 Å². The molecule has 40 heavy (non-hydrogen) atoms. The number of aryl methyl sites for hydroxylation is 2. The third-order valence-electron chi connectivity index (χ3n) is 6.97. The number of methoxy groups -OCH3 is 1. The predicted molar refractivity (Wildman–Crippen MR) is 148 cm³/mol. The van der Waals surface area contributed by atoms with E-state index in [2.05, 4.69) is 0 Å². The number of carbonyl (C=O) groups is 1. The van der Waals surface area contributed by atoms with Gasteiger partial charge in [0.15, 0.2) is 0 Å². The van der Waals surface area contributed by atoms with E-state index in [1.54, 1.807) is 47.1 Å². The molecule has 0 atom stereocenters. The lowest BCUT2D eigenvalue weighted by atomic mass is 10.1. The number of hydrogen-bond acceptors (Lipinski definition) is 5. The first kappa shape index (κ1) is 29.3. The number of piperazine rings is 1. The van der Waals surface area contributed by atoms with Gasteiger partial charge in [-0.1, -0.05) is 31.2 Å². The molecule has 0 N–H and O–H groups in total. The van der Waals surface area contributed by atoms with E-state index in [0.29, 0.717) is 24.5 Å². The van der Waals surface area contributed by atoms with Gasteiger partial charge in [-0.3, -0.25) is 9.10 Å². The van der Waals surface area contributed by atoms with E-state index in [4.69, 9.17) is 4.74 Å². The molecule has 7 nitrogen and oxygen atoms in total. The monoisotopic (exact) mass is 575 g/mol. The highest BCUT2D eigenvalue weighted by atomic mass is 32.2. The first-order valence-corrected chi connectivity index (χ1v) is 14.3. The van der Waals surface area contributed by atoms with Crippen LogP contribution in [0.25, 0.3) is 0 Å². The number of benzene rings is 3. The number of nitrogens with zero attached hydrogens (tertiary/aromatic N) is 3. The molecule has 4 rings (SSSR count). The molecule has 1 saturated heterocycles. The summed E-state index contributed by atoms with van der Waals surface area (Å²) in [5.74, 6) is -0.235. The number of sulfonamides is 1. The number of alkyl halides is 3. The first-order valence-electron chi connectivity index (χ1n) is 12.9. The van der Waals surface area contributed by atoms with Crippen LogP contribution in [0.5, 0.6) is 5.75 Å². The molecule has 0 aliphatic carbocycles. The van der Waals surface area contributed by atoms with Crippen molar-refractivity contribution in [3.63, 3.8) is 0 Å². The highest BCUT2D eigenvalue weighted by Gasteiger charge is 2.33. The van der Waals surface area contributed by atoms with Gasteiger partial charge in [-0.25, -0.2) is 8.42 Å². The Labute approximate surface area is 232 Å². The molecule has 11 heteroatoms. The van der Waals surface area contributed by atoms with E-state index < -0.39 is 34.2 Å². The first-order chi connectivity index (χ1) is 18.9. The van der Waals surface area contributed by atoms with Crippen LogP contribution in [0.15, 0.2) is 71.6 Å². The summed E-state index contributed by atoms with van der Waals surface area (Å²) in [6.45, 7) is 4.44. The Balaban J connectivity index is 1.57. The topological polar surface area (TPSA) is 70.2 Å². The number of amides is 1. The Hall–Kier alpha value is -3.73. The summed E-state index contributed by atoms with van der Waals surface area (Å²) in [7, 11) is -2.81. The second kappa shape index (κ2) is 11.8. The number of rotatable bonds is 8. The Morgan fingerprint density at radius 2 is 1.65 bits per heavy atom. The highest BCUT2D eigenvalue weighted by molar-refractivity contribution is 7.93. The molecular formula is C29H32F3N3O4S. The SMILES string of the molecule is CCc1ccc(N(CC(=O)N2CCN(c3cccc(C(F)(F)F)c3)CC2)S(=O)(=O)c2cc(C)ccc2OC)cc1. The Morgan fingerprint density at radius 1 is 0.975 bits per heavy atom. The summed E-state index contributed by atoms with van der Waals surface area (Å²) in [5, 5.41) is 0. The zero-order chi connectivity index (χ0) is 29.1. The van der Waals surface area contributed by atoms with Crippen LogP contribution in [0.1, 0.15) is 23.6 Å². The summed E-state index contributed by atoms with van der Waals surface area (Å²) in [4.78, 5) is 16.7. The van der Waals surface area contributed by atoms with Crippen LogP contribution >= 0.6 is 0 Å². The summed E-state index contributed by atoms with van der Waals surface area (Å²) in [6.07, 6.45) is -3.67. The highest BCUT2D eigenvalue weighted by Crippen LogP contribution is 2.33. The van der Waals surface area contributed by atoms with E-state index in [0.717, 1.165) is 34.0 Å². The van der Waals surface area contributed by atoms with E-state index in [1.807, 2.05) is 19.1 Å². The van der Waals surface area contributed by atoms with Gasteiger partial charge >= 0.3 is 6.18 Å². The smallest absolute Gasteiger partial charge is 0.416 e. The molecule has 1 aliphatic rings. The van der Waals surface area contributed by atoms with Crippen LogP contribution in [-0.2, 0) is 27.4 Å². The van der Waals surface area contributed by atoms with Crippen LogP contribution in [0.4, 0.5) is 24.5 Å². The van der Waals surface area contributed by atoms with Crippen molar-refractivity contribution < 1.29 is 31.1 Å². The molecule has 0 unspecified atom stereocenters. The molecule has 1 amide bonds. The summed E-state index contributed by atoms with van der Waals surface area (Å²) in [5.41, 5.74) is 1.78. The molecule has 0 bridgehead atoms. The molecule has 1 heterocycles. The molecule has 1 fully saturated rings. The largest absolute Gasteiger partial charge is 0.495 e. The number of anilines is 2. The molecule has 0 spiro atoms.